The summed E-state index contributed by atoms with van der Waals surface area (Å²) in [6.07, 6.45) is 3.42. The van der Waals surface area contributed by atoms with E-state index in [1.165, 1.54) is 12.1 Å². The molecule has 0 radical (unpaired) electrons. The highest BCUT2D eigenvalue weighted by atomic mass is 32.1. The number of hydrogen-bond donors (Lipinski definition) is 2. The average molecular weight is 380 g/mol. The van der Waals surface area contributed by atoms with Crippen LogP contribution in [0.1, 0.15) is 42.3 Å². The highest BCUT2D eigenvalue weighted by Gasteiger charge is 2.36. The van der Waals surface area contributed by atoms with Gasteiger partial charge < -0.3 is 15.5 Å². The Labute approximate surface area is 156 Å². The molecule has 2 saturated heterocycles. The van der Waals surface area contributed by atoms with Crippen molar-refractivity contribution in [3.05, 3.63) is 27.1 Å². The molecule has 1 unspecified atom stereocenters. The van der Waals surface area contributed by atoms with Crippen LogP contribution in [0, 0.1) is 15.5 Å². The van der Waals surface area contributed by atoms with Crippen LogP contribution < -0.4 is 10.6 Å². The van der Waals surface area contributed by atoms with E-state index in [0.29, 0.717) is 24.4 Å². The first-order valence-electron chi connectivity index (χ1n) is 8.93. The van der Waals surface area contributed by atoms with E-state index >= 15 is 0 Å². The van der Waals surface area contributed by atoms with E-state index in [4.69, 9.17) is 0 Å². The lowest BCUT2D eigenvalue weighted by Crippen LogP contribution is -2.49. The maximum Gasteiger partial charge on any atom is 0.324 e. The number of nitrogens with zero attached hydrogens (tertiary/aromatic N) is 2. The summed E-state index contributed by atoms with van der Waals surface area (Å²) < 4.78 is 0. The minimum atomic E-state index is -0.505. The molecule has 0 aliphatic carbocycles. The van der Waals surface area contributed by atoms with Gasteiger partial charge in [0.05, 0.1) is 9.80 Å². The molecule has 2 fully saturated rings. The first kappa shape index (κ1) is 18.8. The van der Waals surface area contributed by atoms with Gasteiger partial charge in [-0.1, -0.05) is 18.3 Å². The molecule has 2 aliphatic heterocycles. The van der Waals surface area contributed by atoms with Crippen molar-refractivity contribution in [1.29, 1.82) is 0 Å². The maximum absolute atomic E-state index is 12.7. The summed E-state index contributed by atoms with van der Waals surface area (Å²) in [6, 6.07) is 2.31. The van der Waals surface area contributed by atoms with Gasteiger partial charge in [0.15, 0.2) is 0 Å². The predicted molar refractivity (Wildman–Crippen MR) is 98.3 cm³/mol. The number of nitrogens with one attached hydrogen (secondary N) is 2. The number of carbonyl (C=O) groups is 2. The Morgan fingerprint density at radius 3 is 2.81 bits per heavy atom. The zero-order valence-corrected chi connectivity index (χ0v) is 15.6. The standard InChI is InChI=1S/C17H24N4O4S/c1-17(6-8-18-9-7-17)11-19-15(22)12-3-2-10-20(12)16(23)13-4-5-14(26-13)21(24)25/h4-5,12,18H,2-3,6-11H2,1H3,(H,19,22). The van der Waals surface area contributed by atoms with Crippen molar-refractivity contribution in [2.75, 3.05) is 26.2 Å². The van der Waals surface area contributed by atoms with Gasteiger partial charge in [-0.15, -0.1) is 0 Å². The lowest BCUT2D eigenvalue weighted by molar-refractivity contribution is -0.380. The van der Waals surface area contributed by atoms with E-state index in [1.807, 2.05) is 0 Å². The summed E-state index contributed by atoms with van der Waals surface area (Å²) >= 11 is 0.856. The largest absolute Gasteiger partial charge is 0.354 e. The number of nitro groups is 1. The molecular formula is C17H24N4O4S. The molecule has 2 N–H and O–H groups in total. The molecule has 2 aliphatic rings. The van der Waals surface area contributed by atoms with Gasteiger partial charge in [-0.05, 0) is 50.3 Å². The molecule has 3 heterocycles. The fourth-order valence-electron chi connectivity index (χ4n) is 3.59. The molecule has 1 atom stereocenters. The second-order valence-corrected chi connectivity index (χ2v) is 8.39. The summed E-state index contributed by atoms with van der Waals surface area (Å²) in [6.45, 7) is 5.20. The van der Waals surface area contributed by atoms with Crippen LogP contribution in [-0.2, 0) is 4.79 Å². The monoisotopic (exact) mass is 380 g/mol. The topological polar surface area (TPSA) is 105 Å². The number of hydrogen-bond acceptors (Lipinski definition) is 6. The molecule has 0 aromatic carbocycles. The van der Waals surface area contributed by atoms with Gasteiger partial charge in [-0.25, -0.2) is 0 Å². The van der Waals surface area contributed by atoms with Gasteiger partial charge in [-0.3, -0.25) is 19.7 Å². The minimum Gasteiger partial charge on any atom is -0.354 e. The normalized spacial score (nSPS) is 22.2. The lowest BCUT2D eigenvalue weighted by atomic mass is 9.81. The Morgan fingerprint density at radius 1 is 1.42 bits per heavy atom. The van der Waals surface area contributed by atoms with Gasteiger partial charge >= 0.3 is 5.00 Å². The third-order valence-electron chi connectivity index (χ3n) is 5.30. The Balaban J connectivity index is 1.62. The van der Waals surface area contributed by atoms with Crippen molar-refractivity contribution in [3.63, 3.8) is 0 Å². The second kappa shape index (κ2) is 7.71. The number of thiophene rings is 1. The van der Waals surface area contributed by atoms with Gasteiger partial charge in [0.25, 0.3) is 5.91 Å². The zero-order chi connectivity index (χ0) is 18.7. The van der Waals surface area contributed by atoms with Gasteiger partial charge in [0.1, 0.15) is 6.04 Å². The molecule has 0 spiro atoms. The number of piperidine rings is 1. The van der Waals surface area contributed by atoms with E-state index in [9.17, 15) is 19.7 Å². The lowest BCUT2D eigenvalue weighted by Gasteiger charge is -2.35. The van der Waals surface area contributed by atoms with Crippen LogP contribution in [0.5, 0.6) is 0 Å². The SMILES string of the molecule is CC1(CNC(=O)C2CCCN2C(=O)c2ccc([N+](=O)[O-])s2)CCNCC1. The van der Waals surface area contributed by atoms with Crippen molar-refractivity contribution in [3.8, 4) is 0 Å². The summed E-state index contributed by atoms with van der Waals surface area (Å²) in [4.78, 5) is 37.5. The van der Waals surface area contributed by atoms with Crippen molar-refractivity contribution in [2.24, 2.45) is 5.41 Å². The van der Waals surface area contributed by atoms with Crippen LogP contribution in [-0.4, -0.2) is 53.9 Å². The minimum absolute atomic E-state index is 0.0626. The average Bonchev–Trinajstić information content (AvgIpc) is 3.29. The highest BCUT2D eigenvalue weighted by molar-refractivity contribution is 7.17. The molecule has 1 aromatic heterocycles. The third-order valence-corrected chi connectivity index (χ3v) is 6.32. The van der Waals surface area contributed by atoms with Gasteiger partial charge in [-0.2, -0.15) is 0 Å². The molecule has 0 bridgehead atoms. The molecule has 142 valence electrons. The van der Waals surface area contributed by atoms with Crippen molar-refractivity contribution < 1.29 is 14.5 Å². The Kier molecular flexibility index (Phi) is 5.57. The molecule has 2 amide bonds. The van der Waals surface area contributed by atoms with Crippen LogP contribution in [0.15, 0.2) is 12.1 Å². The Bertz CT molecular complexity index is 699. The number of likely N-dealkylation sites (tertiary alicyclic amines) is 1. The van der Waals surface area contributed by atoms with Crippen molar-refractivity contribution >= 4 is 28.2 Å². The van der Waals surface area contributed by atoms with E-state index in [0.717, 1.165) is 43.7 Å². The summed E-state index contributed by atoms with van der Waals surface area (Å²) in [5.41, 5.74) is 0.0860. The Hall–Kier alpha value is -2.00. The third kappa shape index (κ3) is 4.04. The molecular weight excluding hydrogens is 356 g/mol. The summed E-state index contributed by atoms with van der Waals surface area (Å²) in [5, 5.41) is 17.1. The summed E-state index contributed by atoms with van der Waals surface area (Å²) in [7, 11) is 0. The molecule has 8 nitrogen and oxygen atoms in total. The molecule has 1 aromatic rings. The molecule has 9 heteroatoms. The molecule has 0 saturated carbocycles. The Morgan fingerprint density at radius 2 is 2.15 bits per heavy atom. The highest BCUT2D eigenvalue weighted by Crippen LogP contribution is 2.29. The van der Waals surface area contributed by atoms with E-state index in [2.05, 4.69) is 17.6 Å². The smallest absolute Gasteiger partial charge is 0.324 e. The van der Waals surface area contributed by atoms with Crippen LogP contribution in [0.3, 0.4) is 0 Å². The first-order chi connectivity index (χ1) is 12.4. The maximum atomic E-state index is 12.7. The predicted octanol–water partition coefficient (Wildman–Crippen LogP) is 1.77. The van der Waals surface area contributed by atoms with Crippen LogP contribution in [0.4, 0.5) is 5.00 Å². The fraction of sp³-hybridized carbons (Fsp3) is 0.647. The van der Waals surface area contributed by atoms with Crippen molar-refractivity contribution in [1.82, 2.24) is 15.5 Å². The number of amides is 2. The number of carbonyl (C=O) groups excluding carboxylic acids is 2. The van der Waals surface area contributed by atoms with Gasteiger partial charge in [0.2, 0.25) is 5.91 Å². The number of rotatable bonds is 5. The second-order valence-electron chi connectivity index (χ2n) is 7.33. The van der Waals surface area contributed by atoms with Crippen molar-refractivity contribution in [2.45, 2.75) is 38.6 Å². The zero-order valence-electron chi connectivity index (χ0n) is 14.8. The first-order valence-corrected chi connectivity index (χ1v) is 9.75. The van der Waals surface area contributed by atoms with Crippen LogP contribution in [0.25, 0.3) is 0 Å². The quantitative estimate of drug-likeness (QED) is 0.598. The van der Waals surface area contributed by atoms with E-state index in [-0.39, 0.29) is 22.2 Å². The van der Waals surface area contributed by atoms with E-state index in [1.54, 1.807) is 4.90 Å². The van der Waals surface area contributed by atoms with E-state index < -0.39 is 11.0 Å². The summed E-state index contributed by atoms with van der Waals surface area (Å²) in [5.74, 6) is -0.421. The molecule has 26 heavy (non-hydrogen) atoms. The van der Waals surface area contributed by atoms with Crippen LogP contribution in [0.2, 0.25) is 0 Å². The van der Waals surface area contributed by atoms with Gasteiger partial charge in [0, 0.05) is 19.2 Å². The van der Waals surface area contributed by atoms with Crippen LogP contribution >= 0.6 is 11.3 Å². The fourth-order valence-corrected chi connectivity index (χ4v) is 4.37. The molecule has 3 rings (SSSR count).